The molecule has 1 aliphatic rings. The third kappa shape index (κ3) is 2.32. The lowest BCUT2D eigenvalue weighted by molar-refractivity contribution is 0.209. The highest BCUT2D eigenvalue weighted by Crippen LogP contribution is 2.29. The van der Waals surface area contributed by atoms with E-state index in [-0.39, 0.29) is 6.10 Å². The molecule has 1 saturated carbocycles. The van der Waals surface area contributed by atoms with Crippen LogP contribution in [0.1, 0.15) is 31.2 Å². The van der Waals surface area contributed by atoms with Crippen LogP contribution >= 0.6 is 15.9 Å². The summed E-state index contributed by atoms with van der Waals surface area (Å²) in [6, 6.07) is 8.65. The molecule has 1 aliphatic carbocycles. The molecule has 3 heteroatoms. The van der Waals surface area contributed by atoms with Gasteiger partial charge in [-0.15, -0.1) is 0 Å². The molecule has 15 heavy (non-hydrogen) atoms. The van der Waals surface area contributed by atoms with Crippen molar-refractivity contribution >= 4 is 15.9 Å². The van der Waals surface area contributed by atoms with Crippen molar-refractivity contribution in [1.82, 2.24) is 0 Å². The van der Waals surface area contributed by atoms with Crippen LogP contribution in [0.25, 0.3) is 0 Å². The number of halogens is 1. The molecule has 1 aromatic carbocycles. The lowest BCUT2D eigenvalue weighted by atomic mass is 10.2. The normalized spacial score (nSPS) is 16.3. The van der Waals surface area contributed by atoms with E-state index in [9.17, 15) is 0 Å². The standard InChI is InChI=1S/C12H11BrNO/c13-11-6-3-7-12(10(11)8-14)15-9-4-1-2-5-9/h3,7,9H,1-2,4-5H2. The first-order chi connectivity index (χ1) is 7.31. The van der Waals surface area contributed by atoms with Crippen molar-refractivity contribution in [3.05, 3.63) is 28.2 Å². The van der Waals surface area contributed by atoms with Crippen LogP contribution in [0, 0.1) is 17.4 Å². The Hall–Kier alpha value is -1.01. The molecule has 2 rings (SSSR count). The Morgan fingerprint density at radius 1 is 1.47 bits per heavy atom. The van der Waals surface area contributed by atoms with Gasteiger partial charge in [0.05, 0.1) is 6.10 Å². The fraction of sp³-hybridized carbons (Fsp3) is 0.417. The average molecular weight is 265 g/mol. The molecule has 1 aromatic rings. The fourth-order valence-corrected chi connectivity index (χ4v) is 2.26. The quantitative estimate of drug-likeness (QED) is 0.820. The molecule has 1 radical (unpaired) electrons. The number of hydrogen-bond donors (Lipinski definition) is 0. The van der Waals surface area contributed by atoms with Gasteiger partial charge < -0.3 is 4.74 Å². The van der Waals surface area contributed by atoms with Crippen LogP contribution in [0.15, 0.2) is 16.6 Å². The van der Waals surface area contributed by atoms with Crippen molar-refractivity contribution in [2.75, 3.05) is 0 Å². The minimum Gasteiger partial charge on any atom is -0.489 e. The maximum Gasteiger partial charge on any atom is 0.138 e. The third-order valence-corrected chi connectivity index (χ3v) is 3.24. The monoisotopic (exact) mass is 264 g/mol. The second kappa shape index (κ2) is 4.67. The summed E-state index contributed by atoms with van der Waals surface area (Å²) in [7, 11) is 0. The smallest absolute Gasteiger partial charge is 0.138 e. The van der Waals surface area contributed by atoms with Gasteiger partial charge >= 0.3 is 0 Å². The number of rotatable bonds is 2. The predicted octanol–water partition coefficient (Wildman–Crippen LogP) is 3.44. The lowest BCUT2D eigenvalue weighted by Gasteiger charge is -2.14. The van der Waals surface area contributed by atoms with Crippen molar-refractivity contribution in [1.29, 1.82) is 5.26 Å². The highest BCUT2D eigenvalue weighted by Gasteiger charge is 2.18. The molecular formula is C12H11BrNO. The first kappa shape index (κ1) is 10.5. The van der Waals surface area contributed by atoms with Crippen LogP contribution in [-0.2, 0) is 0 Å². The highest BCUT2D eigenvalue weighted by atomic mass is 79.9. The van der Waals surface area contributed by atoms with E-state index in [1.54, 1.807) is 6.07 Å². The fourth-order valence-electron chi connectivity index (χ4n) is 1.84. The van der Waals surface area contributed by atoms with Gasteiger partial charge in [0.15, 0.2) is 0 Å². The Labute approximate surface area is 98.0 Å². The Kier molecular flexibility index (Phi) is 3.27. The van der Waals surface area contributed by atoms with Crippen LogP contribution in [0.3, 0.4) is 0 Å². The molecule has 1 fully saturated rings. The average Bonchev–Trinajstić information content (AvgIpc) is 2.71. The minimum absolute atomic E-state index is 0.284. The van der Waals surface area contributed by atoms with E-state index < -0.39 is 0 Å². The molecule has 0 amide bonds. The summed E-state index contributed by atoms with van der Waals surface area (Å²) in [5.41, 5.74) is 0.546. The van der Waals surface area contributed by atoms with Gasteiger partial charge in [0.1, 0.15) is 17.4 Å². The molecule has 0 aliphatic heterocycles. The van der Waals surface area contributed by atoms with Gasteiger partial charge in [0.2, 0.25) is 0 Å². The number of nitrogens with zero attached hydrogens (tertiary/aromatic N) is 1. The number of benzene rings is 1. The van der Waals surface area contributed by atoms with E-state index in [4.69, 9.17) is 10.00 Å². The molecule has 0 saturated heterocycles. The molecule has 0 spiro atoms. The van der Waals surface area contributed by atoms with Crippen molar-refractivity contribution in [2.45, 2.75) is 31.8 Å². The summed E-state index contributed by atoms with van der Waals surface area (Å²) in [6.45, 7) is 0. The maximum absolute atomic E-state index is 8.99. The van der Waals surface area contributed by atoms with Gasteiger partial charge in [0.25, 0.3) is 0 Å². The van der Waals surface area contributed by atoms with Crippen LogP contribution in [0.5, 0.6) is 5.75 Å². The van der Waals surface area contributed by atoms with E-state index in [1.807, 2.05) is 6.07 Å². The third-order valence-electron chi connectivity index (χ3n) is 2.62. The summed E-state index contributed by atoms with van der Waals surface area (Å²) in [4.78, 5) is 0. The summed E-state index contributed by atoms with van der Waals surface area (Å²) >= 11 is 3.30. The molecule has 77 valence electrons. The van der Waals surface area contributed by atoms with E-state index in [0.717, 1.165) is 12.8 Å². The molecule has 0 N–H and O–H groups in total. The van der Waals surface area contributed by atoms with Gasteiger partial charge in [0, 0.05) is 4.47 Å². The van der Waals surface area contributed by atoms with Crippen molar-refractivity contribution in [3.63, 3.8) is 0 Å². The molecule has 0 atom stereocenters. The summed E-state index contributed by atoms with van der Waals surface area (Å²) in [5.74, 6) is 0.676. The highest BCUT2D eigenvalue weighted by molar-refractivity contribution is 9.10. The summed E-state index contributed by atoms with van der Waals surface area (Å²) in [6.07, 6.45) is 4.94. The molecule has 0 heterocycles. The predicted molar refractivity (Wildman–Crippen MR) is 60.6 cm³/mol. The van der Waals surface area contributed by atoms with Crippen LogP contribution < -0.4 is 4.74 Å². The number of ether oxygens (including phenoxy) is 1. The number of hydrogen-bond acceptors (Lipinski definition) is 2. The summed E-state index contributed by atoms with van der Waals surface area (Å²) < 4.78 is 6.49. The van der Waals surface area contributed by atoms with Crippen LogP contribution in [0.2, 0.25) is 0 Å². The molecule has 0 bridgehead atoms. The minimum atomic E-state index is 0.284. The van der Waals surface area contributed by atoms with Gasteiger partial charge in [-0.2, -0.15) is 5.26 Å². The van der Waals surface area contributed by atoms with Crippen LogP contribution in [-0.4, -0.2) is 6.10 Å². The van der Waals surface area contributed by atoms with E-state index in [1.165, 1.54) is 12.8 Å². The zero-order valence-corrected chi connectivity index (χ0v) is 9.88. The molecule has 2 nitrogen and oxygen atoms in total. The Morgan fingerprint density at radius 3 is 2.87 bits per heavy atom. The van der Waals surface area contributed by atoms with Crippen molar-refractivity contribution in [3.8, 4) is 11.8 Å². The topological polar surface area (TPSA) is 33.0 Å². The van der Waals surface area contributed by atoms with Gasteiger partial charge in [-0.05, 0) is 59.8 Å². The Morgan fingerprint density at radius 2 is 2.20 bits per heavy atom. The zero-order valence-electron chi connectivity index (χ0n) is 8.29. The Bertz CT molecular complexity index is 391. The van der Waals surface area contributed by atoms with Gasteiger partial charge in [-0.3, -0.25) is 0 Å². The summed E-state index contributed by atoms with van der Waals surface area (Å²) in [5, 5.41) is 8.99. The van der Waals surface area contributed by atoms with E-state index in [2.05, 4.69) is 28.1 Å². The van der Waals surface area contributed by atoms with Gasteiger partial charge in [-0.25, -0.2) is 0 Å². The SMILES string of the molecule is N#Cc1c(Br)[c]ccc1OC1CCCC1. The second-order valence-corrected chi connectivity index (χ2v) is 4.46. The number of nitriles is 1. The van der Waals surface area contributed by atoms with E-state index in [0.29, 0.717) is 15.8 Å². The first-order valence-electron chi connectivity index (χ1n) is 5.08. The zero-order chi connectivity index (χ0) is 10.7. The van der Waals surface area contributed by atoms with Gasteiger partial charge in [-0.1, -0.05) is 0 Å². The lowest BCUT2D eigenvalue weighted by Crippen LogP contribution is -2.11. The van der Waals surface area contributed by atoms with E-state index >= 15 is 0 Å². The van der Waals surface area contributed by atoms with Crippen molar-refractivity contribution in [2.24, 2.45) is 0 Å². The second-order valence-electron chi connectivity index (χ2n) is 3.67. The van der Waals surface area contributed by atoms with Crippen LogP contribution in [0.4, 0.5) is 0 Å². The Balaban J connectivity index is 2.20. The largest absolute Gasteiger partial charge is 0.489 e. The maximum atomic E-state index is 8.99. The van der Waals surface area contributed by atoms with Crippen molar-refractivity contribution < 1.29 is 4.74 Å². The molecular weight excluding hydrogens is 254 g/mol. The molecule has 0 unspecified atom stereocenters. The molecule has 0 aromatic heterocycles. The first-order valence-corrected chi connectivity index (χ1v) is 5.87.